The summed E-state index contributed by atoms with van der Waals surface area (Å²) >= 11 is 0. The fraction of sp³-hybridized carbons (Fsp3) is 0.429. The van der Waals surface area contributed by atoms with Crippen LogP contribution in [-0.2, 0) is 10.3 Å². The Labute approximate surface area is 98.5 Å². The summed E-state index contributed by atoms with van der Waals surface area (Å²) < 4.78 is 5.67. The van der Waals surface area contributed by atoms with E-state index in [2.05, 4.69) is 43.0 Å². The molecular weight excluding hydrogens is 198 g/mol. The van der Waals surface area contributed by atoms with Crippen molar-refractivity contribution < 1.29 is 4.74 Å². The van der Waals surface area contributed by atoms with Crippen LogP contribution in [0.5, 0.6) is 0 Å². The van der Waals surface area contributed by atoms with Crippen LogP contribution < -0.4 is 4.90 Å². The van der Waals surface area contributed by atoms with Crippen LogP contribution in [-0.4, -0.2) is 14.1 Å². The molecule has 0 aliphatic carbocycles. The minimum absolute atomic E-state index is 0.280. The number of anilines is 1. The molecule has 0 aliphatic heterocycles. The molecule has 1 aromatic carbocycles. The average Bonchev–Trinajstić information content (AvgIpc) is 2.26. The first kappa shape index (κ1) is 12.6. The van der Waals surface area contributed by atoms with E-state index in [0.717, 1.165) is 0 Å². The number of ether oxygens (including phenoxy) is 1. The van der Waals surface area contributed by atoms with Gasteiger partial charge in [0.1, 0.15) is 5.60 Å². The van der Waals surface area contributed by atoms with Crippen molar-refractivity contribution >= 4 is 5.69 Å². The highest BCUT2D eigenvalue weighted by molar-refractivity contribution is 5.46. The van der Waals surface area contributed by atoms with Crippen molar-refractivity contribution in [3.05, 3.63) is 42.2 Å². The SMILES string of the molecule is C/C=C\OC(C)(C)c1ccc(N(C)C)cc1. The van der Waals surface area contributed by atoms with Gasteiger partial charge in [-0.2, -0.15) is 0 Å². The number of hydrogen-bond acceptors (Lipinski definition) is 2. The van der Waals surface area contributed by atoms with Crippen molar-refractivity contribution in [1.82, 2.24) is 0 Å². The Balaban J connectivity index is 2.88. The van der Waals surface area contributed by atoms with Gasteiger partial charge in [0.2, 0.25) is 0 Å². The lowest BCUT2D eigenvalue weighted by Gasteiger charge is -2.25. The van der Waals surface area contributed by atoms with E-state index in [-0.39, 0.29) is 5.60 Å². The molecular formula is C14H21NO. The van der Waals surface area contributed by atoms with Crippen LogP contribution in [0.4, 0.5) is 5.69 Å². The first-order valence-electron chi connectivity index (χ1n) is 5.54. The Morgan fingerprint density at radius 3 is 2.12 bits per heavy atom. The molecule has 88 valence electrons. The molecule has 0 N–H and O–H groups in total. The molecule has 0 heterocycles. The van der Waals surface area contributed by atoms with Crippen LogP contribution in [0.25, 0.3) is 0 Å². The van der Waals surface area contributed by atoms with E-state index in [0.29, 0.717) is 0 Å². The van der Waals surface area contributed by atoms with Crippen LogP contribution in [0.15, 0.2) is 36.6 Å². The van der Waals surface area contributed by atoms with Gasteiger partial charge in [0.05, 0.1) is 6.26 Å². The van der Waals surface area contributed by atoms with Crippen LogP contribution in [0.2, 0.25) is 0 Å². The van der Waals surface area contributed by atoms with Gasteiger partial charge in [0.25, 0.3) is 0 Å². The molecule has 16 heavy (non-hydrogen) atoms. The topological polar surface area (TPSA) is 12.5 Å². The third-order valence-electron chi connectivity index (χ3n) is 2.58. The highest BCUT2D eigenvalue weighted by atomic mass is 16.5. The highest BCUT2D eigenvalue weighted by Gasteiger charge is 2.20. The molecule has 0 aliphatic rings. The Hall–Kier alpha value is -1.44. The maximum atomic E-state index is 5.67. The second kappa shape index (κ2) is 5.06. The van der Waals surface area contributed by atoms with E-state index in [1.54, 1.807) is 6.26 Å². The molecule has 0 spiro atoms. The van der Waals surface area contributed by atoms with Crippen LogP contribution in [0.1, 0.15) is 26.3 Å². The van der Waals surface area contributed by atoms with E-state index in [1.807, 2.05) is 27.1 Å². The van der Waals surface area contributed by atoms with Crippen molar-refractivity contribution in [3.63, 3.8) is 0 Å². The summed E-state index contributed by atoms with van der Waals surface area (Å²) in [6.45, 7) is 6.08. The summed E-state index contributed by atoms with van der Waals surface area (Å²) in [4.78, 5) is 2.09. The summed E-state index contributed by atoms with van der Waals surface area (Å²) in [5.41, 5.74) is 2.10. The molecule has 0 aromatic heterocycles. The maximum absolute atomic E-state index is 5.67. The lowest BCUT2D eigenvalue weighted by atomic mass is 9.98. The third kappa shape index (κ3) is 3.02. The second-order valence-corrected chi connectivity index (χ2v) is 4.54. The van der Waals surface area contributed by atoms with Gasteiger partial charge in [0, 0.05) is 19.8 Å². The van der Waals surface area contributed by atoms with Crippen LogP contribution in [0.3, 0.4) is 0 Å². The van der Waals surface area contributed by atoms with Crippen molar-refractivity contribution in [1.29, 1.82) is 0 Å². The molecule has 0 atom stereocenters. The largest absolute Gasteiger partial charge is 0.491 e. The second-order valence-electron chi connectivity index (χ2n) is 4.54. The van der Waals surface area contributed by atoms with Gasteiger partial charge in [-0.15, -0.1) is 0 Å². The summed E-state index contributed by atoms with van der Waals surface area (Å²) in [7, 11) is 4.08. The summed E-state index contributed by atoms with van der Waals surface area (Å²) in [6.07, 6.45) is 3.63. The molecule has 0 bridgehead atoms. The smallest absolute Gasteiger partial charge is 0.127 e. The standard InChI is InChI=1S/C14H21NO/c1-6-11-16-14(2,3)12-7-9-13(10-8-12)15(4)5/h6-11H,1-5H3/b11-6-. The number of benzene rings is 1. The van der Waals surface area contributed by atoms with Gasteiger partial charge in [-0.3, -0.25) is 0 Å². The molecule has 0 radical (unpaired) electrons. The fourth-order valence-corrected chi connectivity index (χ4v) is 1.47. The van der Waals surface area contributed by atoms with Crippen molar-refractivity contribution in [2.75, 3.05) is 19.0 Å². The van der Waals surface area contributed by atoms with E-state index in [9.17, 15) is 0 Å². The molecule has 0 saturated carbocycles. The zero-order valence-electron chi connectivity index (χ0n) is 10.8. The number of nitrogens with zero attached hydrogens (tertiary/aromatic N) is 1. The minimum Gasteiger partial charge on any atom is -0.491 e. The van der Waals surface area contributed by atoms with E-state index < -0.39 is 0 Å². The van der Waals surface area contributed by atoms with Gasteiger partial charge in [-0.05, 0) is 38.5 Å². The number of allylic oxidation sites excluding steroid dienone is 1. The van der Waals surface area contributed by atoms with Gasteiger partial charge in [0.15, 0.2) is 0 Å². The van der Waals surface area contributed by atoms with Crippen molar-refractivity contribution in [2.24, 2.45) is 0 Å². The zero-order valence-corrected chi connectivity index (χ0v) is 10.8. The van der Waals surface area contributed by atoms with E-state index in [1.165, 1.54) is 11.3 Å². The summed E-state index contributed by atoms with van der Waals surface area (Å²) in [5, 5.41) is 0. The Bertz CT molecular complexity index is 350. The predicted molar refractivity (Wildman–Crippen MR) is 69.7 cm³/mol. The zero-order chi connectivity index (χ0) is 12.2. The Kier molecular flexibility index (Phi) is 3.99. The summed E-state index contributed by atoms with van der Waals surface area (Å²) in [6, 6.07) is 8.43. The number of hydrogen-bond donors (Lipinski definition) is 0. The number of rotatable bonds is 4. The fourth-order valence-electron chi connectivity index (χ4n) is 1.47. The lowest BCUT2D eigenvalue weighted by Crippen LogP contribution is -2.19. The molecule has 2 heteroatoms. The maximum Gasteiger partial charge on any atom is 0.127 e. The highest BCUT2D eigenvalue weighted by Crippen LogP contribution is 2.26. The quantitative estimate of drug-likeness (QED) is 0.718. The minimum atomic E-state index is -0.280. The van der Waals surface area contributed by atoms with Gasteiger partial charge in [-0.1, -0.05) is 18.2 Å². The first-order chi connectivity index (χ1) is 7.47. The Morgan fingerprint density at radius 2 is 1.69 bits per heavy atom. The average molecular weight is 219 g/mol. The van der Waals surface area contributed by atoms with Gasteiger partial charge in [-0.25, -0.2) is 0 Å². The molecule has 0 fully saturated rings. The molecule has 2 nitrogen and oxygen atoms in total. The van der Waals surface area contributed by atoms with E-state index in [4.69, 9.17) is 4.74 Å². The lowest BCUT2D eigenvalue weighted by molar-refractivity contribution is 0.0550. The van der Waals surface area contributed by atoms with Gasteiger partial charge < -0.3 is 9.64 Å². The monoisotopic (exact) mass is 219 g/mol. The summed E-state index contributed by atoms with van der Waals surface area (Å²) in [5.74, 6) is 0. The molecule has 0 saturated heterocycles. The molecule has 0 amide bonds. The molecule has 1 rings (SSSR count). The van der Waals surface area contributed by atoms with Gasteiger partial charge >= 0.3 is 0 Å². The van der Waals surface area contributed by atoms with Crippen LogP contribution in [0, 0.1) is 0 Å². The van der Waals surface area contributed by atoms with E-state index >= 15 is 0 Å². The van der Waals surface area contributed by atoms with Crippen molar-refractivity contribution in [2.45, 2.75) is 26.4 Å². The first-order valence-corrected chi connectivity index (χ1v) is 5.54. The Morgan fingerprint density at radius 1 is 1.12 bits per heavy atom. The molecule has 0 unspecified atom stereocenters. The predicted octanol–water partition coefficient (Wildman–Crippen LogP) is 3.54. The van der Waals surface area contributed by atoms with Crippen molar-refractivity contribution in [3.8, 4) is 0 Å². The third-order valence-corrected chi connectivity index (χ3v) is 2.58. The molecule has 1 aromatic rings. The normalized spacial score (nSPS) is 11.8. The van der Waals surface area contributed by atoms with Crippen LogP contribution >= 0.6 is 0 Å².